The van der Waals surface area contributed by atoms with Crippen LogP contribution in [-0.4, -0.2) is 0 Å². The van der Waals surface area contributed by atoms with Gasteiger partial charge in [0.1, 0.15) is 5.83 Å². The van der Waals surface area contributed by atoms with Crippen molar-refractivity contribution in [3.8, 4) is 0 Å². The Bertz CT molecular complexity index is 180. The summed E-state index contributed by atoms with van der Waals surface area (Å²) >= 11 is 5.59. The van der Waals surface area contributed by atoms with E-state index in [1.54, 1.807) is 0 Å². The lowest BCUT2D eigenvalue weighted by Gasteiger charge is -1.99. The van der Waals surface area contributed by atoms with Gasteiger partial charge in [0, 0.05) is 10.6 Å². The Morgan fingerprint density at radius 3 is 2.30 bits per heavy atom. The Balaban J connectivity index is 4.62. The van der Waals surface area contributed by atoms with Gasteiger partial charge in [0.2, 0.25) is 0 Å². The molecule has 0 spiro atoms. The van der Waals surface area contributed by atoms with Crippen LogP contribution in [0.2, 0.25) is 0 Å². The van der Waals surface area contributed by atoms with Gasteiger partial charge in [-0.1, -0.05) is 37.8 Å². The maximum absolute atomic E-state index is 12.4. The molecule has 0 aromatic heterocycles. The summed E-state index contributed by atoms with van der Waals surface area (Å²) in [4.78, 5) is 0. The van der Waals surface area contributed by atoms with Gasteiger partial charge in [0.15, 0.2) is 0 Å². The molecule has 10 heavy (non-hydrogen) atoms. The molecular weight excluding hydrogens is 151 g/mol. The van der Waals surface area contributed by atoms with Crippen LogP contribution in [0.15, 0.2) is 35.7 Å². The van der Waals surface area contributed by atoms with E-state index in [1.165, 1.54) is 6.08 Å². The molecule has 0 bridgehead atoms. The first-order valence-electron chi connectivity index (χ1n) is 2.99. The van der Waals surface area contributed by atoms with Crippen molar-refractivity contribution >= 4 is 11.6 Å². The second-order valence-electron chi connectivity index (χ2n) is 1.79. The third kappa shape index (κ3) is 2.36. The minimum absolute atomic E-state index is 0.343. The summed E-state index contributed by atoms with van der Waals surface area (Å²) in [5.41, 5.74) is 0.427. The fourth-order valence-corrected chi connectivity index (χ4v) is 0.850. The van der Waals surface area contributed by atoms with Crippen LogP contribution in [0.3, 0.4) is 0 Å². The van der Waals surface area contributed by atoms with Crippen molar-refractivity contribution in [3.63, 3.8) is 0 Å². The number of allylic oxidation sites excluding steroid dienone is 4. The minimum Gasteiger partial charge on any atom is -0.207 e. The summed E-state index contributed by atoms with van der Waals surface area (Å²) in [7, 11) is 0. The Morgan fingerprint density at radius 2 is 2.20 bits per heavy atom. The first kappa shape index (κ1) is 9.44. The van der Waals surface area contributed by atoms with E-state index < -0.39 is 5.83 Å². The second-order valence-corrected chi connectivity index (χ2v) is 2.20. The fraction of sp³-hybridized carbons (Fsp3) is 0.250. The van der Waals surface area contributed by atoms with E-state index >= 15 is 0 Å². The number of hydrogen-bond donors (Lipinski definition) is 0. The molecule has 0 saturated carbocycles. The minimum atomic E-state index is -0.479. The maximum atomic E-state index is 12.4. The van der Waals surface area contributed by atoms with Gasteiger partial charge in [-0.25, -0.2) is 4.39 Å². The van der Waals surface area contributed by atoms with Gasteiger partial charge >= 0.3 is 0 Å². The molecule has 0 rings (SSSR count). The largest absolute Gasteiger partial charge is 0.207 e. The van der Waals surface area contributed by atoms with Crippen LogP contribution in [0, 0.1) is 0 Å². The molecule has 0 nitrogen and oxygen atoms in total. The van der Waals surface area contributed by atoms with E-state index in [2.05, 4.69) is 13.2 Å². The molecule has 0 heterocycles. The molecule has 56 valence electrons. The molecule has 0 unspecified atom stereocenters. The molecule has 0 fully saturated rings. The molecule has 0 amide bonds. The van der Waals surface area contributed by atoms with Crippen LogP contribution in [-0.2, 0) is 0 Å². The van der Waals surface area contributed by atoms with Crippen LogP contribution >= 0.6 is 11.6 Å². The van der Waals surface area contributed by atoms with Gasteiger partial charge in [-0.2, -0.15) is 0 Å². The van der Waals surface area contributed by atoms with E-state index in [9.17, 15) is 4.39 Å². The van der Waals surface area contributed by atoms with Gasteiger partial charge in [0.25, 0.3) is 0 Å². The second kappa shape index (κ2) is 4.29. The molecule has 0 aliphatic rings. The lowest BCUT2D eigenvalue weighted by atomic mass is 10.2. The lowest BCUT2D eigenvalue weighted by Crippen LogP contribution is -1.82. The molecule has 0 aromatic rings. The molecular formula is C8H10ClF. The van der Waals surface area contributed by atoms with Gasteiger partial charge in [0.05, 0.1) is 0 Å². The van der Waals surface area contributed by atoms with Crippen LogP contribution in [0.1, 0.15) is 13.3 Å². The normalized spacial score (nSPS) is 12.3. The molecule has 0 aliphatic heterocycles. The highest BCUT2D eigenvalue weighted by molar-refractivity contribution is 6.31. The number of halogens is 2. The average molecular weight is 161 g/mol. The SMILES string of the molecule is C=C/C(Cl)=C(/CC)C(=C)F. The highest BCUT2D eigenvalue weighted by Gasteiger charge is 2.02. The van der Waals surface area contributed by atoms with E-state index in [0.29, 0.717) is 17.0 Å². The number of rotatable bonds is 3. The fourth-order valence-electron chi connectivity index (χ4n) is 0.613. The van der Waals surface area contributed by atoms with E-state index in [4.69, 9.17) is 11.6 Å². The van der Waals surface area contributed by atoms with Crippen LogP contribution < -0.4 is 0 Å². The zero-order valence-corrected chi connectivity index (χ0v) is 6.71. The highest BCUT2D eigenvalue weighted by atomic mass is 35.5. The predicted octanol–water partition coefficient (Wildman–Crippen LogP) is 3.56. The van der Waals surface area contributed by atoms with Crippen molar-refractivity contribution in [1.82, 2.24) is 0 Å². The summed E-state index contributed by atoms with van der Waals surface area (Å²) in [6.07, 6.45) is 1.95. The van der Waals surface area contributed by atoms with Crippen molar-refractivity contribution in [2.75, 3.05) is 0 Å². The zero-order valence-electron chi connectivity index (χ0n) is 5.95. The highest BCUT2D eigenvalue weighted by Crippen LogP contribution is 2.21. The molecule has 0 aliphatic carbocycles. The molecule has 0 radical (unpaired) electrons. The maximum Gasteiger partial charge on any atom is 0.120 e. The Morgan fingerprint density at radius 1 is 1.70 bits per heavy atom. The summed E-state index contributed by atoms with van der Waals surface area (Å²) < 4.78 is 12.4. The molecule has 0 aromatic carbocycles. The molecule has 0 atom stereocenters. The lowest BCUT2D eigenvalue weighted by molar-refractivity contribution is 0.646. The van der Waals surface area contributed by atoms with Crippen LogP contribution in [0.5, 0.6) is 0 Å². The van der Waals surface area contributed by atoms with Crippen molar-refractivity contribution in [1.29, 1.82) is 0 Å². The standard InChI is InChI=1S/C8H10ClF/c1-4-7(6(3)10)8(9)5-2/h5H,2-4H2,1H3/b8-7+. The van der Waals surface area contributed by atoms with Crippen molar-refractivity contribution in [2.45, 2.75) is 13.3 Å². The van der Waals surface area contributed by atoms with Gasteiger partial charge in [-0.05, 0) is 6.42 Å². The van der Waals surface area contributed by atoms with Crippen molar-refractivity contribution < 1.29 is 4.39 Å². The Labute approximate surface area is 65.7 Å². The van der Waals surface area contributed by atoms with Crippen molar-refractivity contribution in [2.24, 2.45) is 0 Å². The predicted molar refractivity (Wildman–Crippen MR) is 43.6 cm³/mol. The third-order valence-electron chi connectivity index (χ3n) is 1.15. The van der Waals surface area contributed by atoms with E-state index in [1.807, 2.05) is 6.92 Å². The van der Waals surface area contributed by atoms with E-state index in [0.717, 1.165) is 0 Å². The number of hydrogen-bond acceptors (Lipinski definition) is 0. The first-order chi connectivity index (χ1) is 4.63. The average Bonchev–Trinajstić information content (AvgIpc) is 1.88. The monoisotopic (exact) mass is 160 g/mol. The van der Waals surface area contributed by atoms with Gasteiger partial charge in [-0.15, -0.1) is 0 Å². The summed E-state index contributed by atoms with van der Waals surface area (Å²) in [6.45, 7) is 8.36. The first-order valence-corrected chi connectivity index (χ1v) is 3.37. The quantitative estimate of drug-likeness (QED) is 0.554. The summed E-state index contributed by atoms with van der Waals surface area (Å²) in [5, 5.41) is 0.343. The zero-order chi connectivity index (χ0) is 8.15. The third-order valence-corrected chi connectivity index (χ3v) is 1.53. The molecule has 0 saturated heterocycles. The molecule has 2 heteroatoms. The van der Waals surface area contributed by atoms with Gasteiger partial charge < -0.3 is 0 Å². The van der Waals surface area contributed by atoms with E-state index in [-0.39, 0.29) is 0 Å². The summed E-state index contributed by atoms with van der Waals surface area (Å²) in [6, 6.07) is 0. The smallest absolute Gasteiger partial charge is 0.120 e. The van der Waals surface area contributed by atoms with Crippen LogP contribution in [0.4, 0.5) is 4.39 Å². The molecule has 0 N–H and O–H groups in total. The Kier molecular flexibility index (Phi) is 4.05. The van der Waals surface area contributed by atoms with Gasteiger partial charge in [-0.3, -0.25) is 0 Å². The van der Waals surface area contributed by atoms with Crippen LogP contribution in [0.25, 0.3) is 0 Å². The summed E-state index contributed by atoms with van der Waals surface area (Å²) in [5.74, 6) is -0.479. The Hall–Kier alpha value is -0.560. The topological polar surface area (TPSA) is 0 Å². The van der Waals surface area contributed by atoms with Crippen molar-refractivity contribution in [3.05, 3.63) is 35.7 Å².